The molecule has 1 nitrogen and oxygen atoms in total. The summed E-state index contributed by atoms with van der Waals surface area (Å²) in [5, 5.41) is 3.30. The van der Waals surface area contributed by atoms with E-state index in [1.165, 1.54) is 32.1 Å². The van der Waals surface area contributed by atoms with Gasteiger partial charge < -0.3 is 57.1 Å². The van der Waals surface area contributed by atoms with E-state index >= 15 is 0 Å². The Morgan fingerprint density at radius 2 is 0.792 bits per heavy atom. The van der Waals surface area contributed by atoms with Crippen LogP contribution in [-0.2, 0) is 0 Å². The van der Waals surface area contributed by atoms with E-state index in [0.717, 1.165) is 6.04 Å². The second kappa shape index (κ2) is 16.1. The molecule has 1 rings (SSSR count). The van der Waals surface area contributed by atoms with Gasteiger partial charge in [0.05, 0.1) is 0 Å². The van der Waals surface area contributed by atoms with Gasteiger partial charge in [0.2, 0.25) is 0 Å². The van der Waals surface area contributed by atoms with Gasteiger partial charge >= 0.3 is 73.1 Å². The fourth-order valence-corrected chi connectivity index (χ4v) is 1.39. The van der Waals surface area contributed by atoms with Gasteiger partial charge in [-0.25, -0.2) is 0 Å². The van der Waals surface area contributed by atoms with Crippen molar-refractivity contribution in [1.29, 1.82) is 0 Å². The summed E-state index contributed by atoms with van der Waals surface area (Å²) in [5.41, 5.74) is 0. The summed E-state index contributed by atoms with van der Waals surface area (Å²) in [7, 11) is -15.9. The van der Waals surface area contributed by atoms with E-state index < -0.39 is 21.8 Å². The molecule has 1 fully saturated rings. The van der Waals surface area contributed by atoms with Crippen molar-refractivity contribution in [2.45, 2.75) is 38.1 Å². The molecule has 1 aliphatic carbocycles. The standard InChI is InChI=1S/C7H15N.3BF4.K.H/c1-8-7-5-3-2-4-6-7;3*2-1(3,4)5;;/h7-8H,2-6H2,1H3;;;;;/q;3*-1;;. The van der Waals surface area contributed by atoms with Crippen LogP contribution in [0, 0.1) is 0 Å². The van der Waals surface area contributed by atoms with Gasteiger partial charge in [-0.2, -0.15) is 0 Å². The normalized spacial score (nSPS) is 15.4. The summed E-state index contributed by atoms with van der Waals surface area (Å²) < 4.78 is 117. The van der Waals surface area contributed by atoms with E-state index in [-0.39, 0.29) is 51.4 Å². The first-order valence-electron chi connectivity index (χ1n) is 6.22. The van der Waals surface area contributed by atoms with Crippen molar-refractivity contribution < 1.29 is 51.8 Å². The molecule has 0 aliphatic heterocycles. The molecule has 146 valence electrons. The van der Waals surface area contributed by atoms with Crippen molar-refractivity contribution in [2.24, 2.45) is 0 Å². The molecule has 0 spiro atoms. The topological polar surface area (TPSA) is 12.0 Å². The molecule has 0 amide bonds. The van der Waals surface area contributed by atoms with Gasteiger partial charge in [0.15, 0.2) is 0 Å². The number of nitrogens with one attached hydrogen (secondary N) is 1. The number of hydrogen-bond acceptors (Lipinski definition) is 1. The summed E-state index contributed by atoms with van der Waals surface area (Å²) in [5.74, 6) is 0. The summed E-state index contributed by atoms with van der Waals surface area (Å²) in [4.78, 5) is 0. The fourth-order valence-electron chi connectivity index (χ4n) is 1.39. The maximum absolute atomic E-state index is 9.75. The molecule has 1 N–H and O–H groups in total. The van der Waals surface area contributed by atoms with Crippen LogP contribution in [-0.4, -0.2) is 86.2 Å². The Labute approximate surface area is 174 Å². The molecule has 0 aromatic carbocycles. The molecule has 0 aromatic heterocycles. The molecule has 1 aliphatic rings. The van der Waals surface area contributed by atoms with Crippen molar-refractivity contribution in [3.63, 3.8) is 0 Å². The van der Waals surface area contributed by atoms with Crippen LogP contribution < -0.4 is 5.32 Å². The summed E-state index contributed by atoms with van der Waals surface area (Å²) >= 11 is 0. The molecular weight excluding hydrogens is 398 g/mol. The summed E-state index contributed by atoms with van der Waals surface area (Å²) in [6, 6.07) is 0.837. The monoisotopic (exact) mass is 414 g/mol. The summed E-state index contributed by atoms with van der Waals surface area (Å²) in [6.07, 6.45) is 7.13. The zero-order valence-electron chi connectivity index (χ0n) is 11.9. The van der Waals surface area contributed by atoms with Crippen LogP contribution in [0.15, 0.2) is 0 Å². The fraction of sp³-hybridized carbons (Fsp3) is 1.00. The second-order valence-electron chi connectivity index (χ2n) is 4.11. The molecule has 0 heterocycles. The van der Waals surface area contributed by atoms with Crippen molar-refractivity contribution in [3.05, 3.63) is 0 Å². The van der Waals surface area contributed by atoms with Crippen LogP contribution >= 0.6 is 0 Å². The van der Waals surface area contributed by atoms with Crippen LogP contribution in [0.4, 0.5) is 51.8 Å². The van der Waals surface area contributed by atoms with Crippen LogP contribution in [0.2, 0.25) is 0 Å². The zero-order valence-corrected chi connectivity index (χ0v) is 11.9. The number of halogens is 12. The van der Waals surface area contributed by atoms with E-state index in [1.807, 2.05) is 0 Å². The van der Waals surface area contributed by atoms with Crippen LogP contribution in [0.3, 0.4) is 0 Å². The van der Waals surface area contributed by atoms with Crippen molar-refractivity contribution >= 4 is 73.1 Å². The van der Waals surface area contributed by atoms with E-state index in [9.17, 15) is 51.8 Å². The Morgan fingerprint density at radius 1 is 0.583 bits per heavy atom. The van der Waals surface area contributed by atoms with Gasteiger partial charge in [-0.05, 0) is 19.9 Å². The first-order chi connectivity index (χ1) is 9.93. The third-order valence-electron chi connectivity index (χ3n) is 2.01. The summed E-state index contributed by atoms with van der Waals surface area (Å²) in [6.45, 7) is 0. The van der Waals surface area contributed by atoms with Crippen molar-refractivity contribution in [2.75, 3.05) is 7.05 Å². The number of hydrogen-bond donors (Lipinski definition) is 1. The third kappa shape index (κ3) is 92.2. The van der Waals surface area contributed by atoms with Crippen LogP contribution in [0.1, 0.15) is 32.1 Å². The molecule has 0 radical (unpaired) electrons. The SMILES string of the molecule is CNC1CCCCC1.F[B-](F)(F)F.F[B-](F)(F)F.F[B-](F)(F)F.[KH]. The van der Waals surface area contributed by atoms with Crippen LogP contribution in [0.5, 0.6) is 0 Å². The Morgan fingerprint density at radius 3 is 0.917 bits per heavy atom. The van der Waals surface area contributed by atoms with E-state index in [2.05, 4.69) is 12.4 Å². The zero-order chi connectivity index (χ0) is 19.3. The predicted molar refractivity (Wildman–Crippen MR) is 73.6 cm³/mol. The molecule has 0 aromatic rings. The quantitative estimate of drug-likeness (QED) is 0.481. The molecule has 17 heteroatoms. The van der Waals surface area contributed by atoms with Crippen molar-refractivity contribution in [1.82, 2.24) is 5.32 Å². The van der Waals surface area contributed by atoms with E-state index in [4.69, 9.17) is 0 Å². The molecule has 0 bridgehead atoms. The van der Waals surface area contributed by atoms with Crippen molar-refractivity contribution in [3.8, 4) is 0 Å². The maximum atomic E-state index is 9.75. The molecular formula is C7H16B3F12KN-3. The first-order valence-corrected chi connectivity index (χ1v) is 6.22. The van der Waals surface area contributed by atoms with Gasteiger partial charge in [-0.15, -0.1) is 0 Å². The van der Waals surface area contributed by atoms with Gasteiger partial charge in [0.25, 0.3) is 0 Å². The minimum atomic E-state index is -6.00. The molecule has 0 atom stereocenters. The van der Waals surface area contributed by atoms with Gasteiger partial charge in [0, 0.05) is 6.04 Å². The van der Waals surface area contributed by atoms with Gasteiger partial charge in [-0.1, -0.05) is 19.3 Å². The second-order valence-corrected chi connectivity index (χ2v) is 4.11. The third-order valence-corrected chi connectivity index (χ3v) is 2.01. The Hall–Kier alpha value is 0.951. The minimum absolute atomic E-state index is 0. The number of rotatable bonds is 1. The van der Waals surface area contributed by atoms with E-state index in [0.29, 0.717) is 0 Å². The van der Waals surface area contributed by atoms with Gasteiger partial charge in [0.1, 0.15) is 0 Å². The Bertz CT molecular complexity index is 218. The van der Waals surface area contributed by atoms with Gasteiger partial charge in [-0.3, -0.25) is 0 Å². The Balaban J connectivity index is -0.000000113. The molecule has 24 heavy (non-hydrogen) atoms. The van der Waals surface area contributed by atoms with Crippen LogP contribution in [0.25, 0.3) is 0 Å². The molecule has 1 saturated carbocycles. The average Bonchev–Trinajstić information content (AvgIpc) is 2.23. The predicted octanol–water partition coefficient (Wildman–Crippen LogP) is 4.79. The Kier molecular flexibility index (Phi) is 21.9. The average molecular weight is 414 g/mol. The van der Waals surface area contributed by atoms with E-state index in [1.54, 1.807) is 0 Å². The molecule has 0 unspecified atom stereocenters. The first kappa shape index (κ1) is 32.6. The molecule has 0 saturated heterocycles.